The van der Waals surface area contributed by atoms with Crippen molar-refractivity contribution in [3.63, 3.8) is 0 Å². The van der Waals surface area contributed by atoms with Gasteiger partial charge in [-0.1, -0.05) is 31.0 Å². The molecule has 0 fully saturated rings. The molecule has 2 aromatic carbocycles. The standard InChI is InChI=1S/C26H27BrN2O2S/c1-2-31-22-15-14-18(16-21(22)27)17-28-26-24(25(30)29-19-10-6-5-7-11-19)20-12-8-3-4-9-13-23(20)32-26/h5-7,10-11,14-17H,2-4,8-9,12-13H2,1H3,(H,29,30). The summed E-state index contributed by atoms with van der Waals surface area (Å²) in [6.07, 6.45) is 8.55. The van der Waals surface area contributed by atoms with E-state index in [4.69, 9.17) is 9.73 Å². The van der Waals surface area contributed by atoms with Crippen molar-refractivity contribution in [2.75, 3.05) is 11.9 Å². The zero-order valence-electron chi connectivity index (χ0n) is 18.2. The third-order valence-electron chi connectivity index (χ3n) is 5.50. The van der Waals surface area contributed by atoms with Crippen LogP contribution in [0, 0.1) is 0 Å². The van der Waals surface area contributed by atoms with E-state index in [0.29, 0.717) is 6.61 Å². The Morgan fingerprint density at radius 1 is 1.12 bits per heavy atom. The maximum absolute atomic E-state index is 13.3. The second-order valence-electron chi connectivity index (χ2n) is 7.80. The molecule has 1 amide bonds. The molecule has 4 nitrogen and oxygen atoms in total. The van der Waals surface area contributed by atoms with Crippen molar-refractivity contribution in [2.24, 2.45) is 4.99 Å². The van der Waals surface area contributed by atoms with E-state index in [0.717, 1.165) is 51.3 Å². The summed E-state index contributed by atoms with van der Waals surface area (Å²) in [5, 5.41) is 3.86. The summed E-state index contributed by atoms with van der Waals surface area (Å²) in [7, 11) is 0. The molecule has 0 saturated carbocycles. The van der Waals surface area contributed by atoms with Gasteiger partial charge < -0.3 is 10.1 Å². The number of thiophene rings is 1. The number of hydrogen-bond donors (Lipinski definition) is 1. The Balaban J connectivity index is 1.67. The van der Waals surface area contributed by atoms with Crippen LogP contribution in [0.15, 0.2) is 58.0 Å². The number of fused-ring (bicyclic) bond motifs is 1. The third-order valence-corrected chi connectivity index (χ3v) is 7.32. The van der Waals surface area contributed by atoms with Crippen LogP contribution in [0.3, 0.4) is 0 Å². The highest BCUT2D eigenvalue weighted by Crippen LogP contribution is 2.39. The maximum Gasteiger partial charge on any atom is 0.259 e. The average molecular weight is 511 g/mol. The summed E-state index contributed by atoms with van der Waals surface area (Å²) in [6.45, 7) is 2.58. The van der Waals surface area contributed by atoms with E-state index < -0.39 is 0 Å². The van der Waals surface area contributed by atoms with E-state index in [1.165, 1.54) is 29.7 Å². The number of anilines is 1. The lowest BCUT2D eigenvalue weighted by molar-refractivity contribution is 0.102. The van der Waals surface area contributed by atoms with Gasteiger partial charge >= 0.3 is 0 Å². The molecule has 0 radical (unpaired) electrons. The smallest absolute Gasteiger partial charge is 0.259 e. The first-order valence-electron chi connectivity index (χ1n) is 11.1. The van der Waals surface area contributed by atoms with Crippen LogP contribution >= 0.6 is 27.3 Å². The van der Waals surface area contributed by atoms with Gasteiger partial charge in [-0.25, -0.2) is 4.99 Å². The molecular formula is C26H27BrN2O2S. The first-order chi connectivity index (χ1) is 15.7. The zero-order valence-corrected chi connectivity index (χ0v) is 20.6. The van der Waals surface area contributed by atoms with Crippen molar-refractivity contribution in [3.8, 4) is 5.75 Å². The third kappa shape index (κ3) is 5.48. The molecule has 0 saturated heterocycles. The molecule has 0 aliphatic heterocycles. The lowest BCUT2D eigenvalue weighted by Crippen LogP contribution is -2.14. The van der Waals surface area contributed by atoms with Gasteiger partial charge in [-0.15, -0.1) is 11.3 Å². The second-order valence-corrected chi connectivity index (χ2v) is 9.74. The fraction of sp³-hybridized carbons (Fsp3) is 0.308. The van der Waals surface area contributed by atoms with E-state index in [-0.39, 0.29) is 5.91 Å². The van der Waals surface area contributed by atoms with Gasteiger partial charge in [0.15, 0.2) is 0 Å². The highest BCUT2D eigenvalue weighted by atomic mass is 79.9. The number of halogens is 1. The Morgan fingerprint density at radius 2 is 1.91 bits per heavy atom. The molecule has 0 bridgehead atoms. The van der Waals surface area contributed by atoms with Crippen LogP contribution in [0.25, 0.3) is 0 Å². The summed E-state index contributed by atoms with van der Waals surface area (Å²) in [6, 6.07) is 15.5. The number of hydrogen-bond acceptors (Lipinski definition) is 4. The Hall–Kier alpha value is -2.44. The van der Waals surface area contributed by atoms with E-state index in [1.807, 2.05) is 61.7 Å². The van der Waals surface area contributed by atoms with E-state index in [9.17, 15) is 4.79 Å². The van der Waals surface area contributed by atoms with Gasteiger partial charge in [0, 0.05) is 16.8 Å². The summed E-state index contributed by atoms with van der Waals surface area (Å²) in [4.78, 5) is 19.4. The van der Waals surface area contributed by atoms with Gasteiger partial charge in [0.25, 0.3) is 5.91 Å². The molecule has 32 heavy (non-hydrogen) atoms. The minimum Gasteiger partial charge on any atom is -0.493 e. The van der Waals surface area contributed by atoms with Crippen LogP contribution in [-0.4, -0.2) is 18.7 Å². The molecule has 0 spiro atoms. The average Bonchev–Trinajstić information content (AvgIpc) is 3.11. The molecule has 1 aliphatic carbocycles. The second kappa shape index (κ2) is 10.9. The van der Waals surface area contributed by atoms with E-state index >= 15 is 0 Å². The van der Waals surface area contributed by atoms with Crippen LogP contribution in [0.2, 0.25) is 0 Å². The number of carbonyl (C=O) groups is 1. The number of para-hydroxylation sites is 1. The number of nitrogens with one attached hydrogen (secondary N) is 1. The van der Waals surface area contributed by atoms with Crippen molar-refractivity contribution in [1.29, 1.82) is 0 Å². The fourth-order valence-electron chi connectivity index (χ4n) is 3.95. The highest BCUT2D eigenvalue weighted by molar-refractivity contribution is 9.10. The summed E-state index contributed by atoms with van der Waals surface area (Å²) in [5.74, 6) is 0.737. The fourth-order valence-corrected chi connectivity index (χ4v) is 5.69. The van der Waals surface area contributed by atoms with Gasteiger partial charge in [-0.3, -0.25) is 4.79 Å². The number of benzene rings is 2. The molecule has 3 aromatic rings. The molecule has 0 unspecified atom stereocenters. The zero-order chi connectivity index (χ0) is 22.3. The molecule has 1 aromatic heterocycles. The molecule has 1 N–H and O–H groups in total. The topological polar surface area (TPSA) is 50.7 Å². The first kappa shape index (κ1) is 22.7. The number of carbonyl (C=O) groups excluding carboxylic acids is 1. The number of aliphatic imine (C=N–C) groups is 1. The number of ether oxygens (including phenoxy) is 1. The quantitative estimate of drug-likeness (QED) is 0.347. The minimum absolute atomic E-state index is 0.0747. The summed E-state index contributed by atoms with van der Waals surface area (Å²) in [5.41, 5.74) is 3.67. The number of rotatable bonds is 6. The maximum atomic E-state index is 13.3. The van der Waals surface area contributed by atoms with Crippen molar-refractivity contribution >= 4 is 50.1 Å². The normalized spacial score (nSPS) is 13.9. The van der Waals surface area contributed by atoms with Gasteiger partial charge in [0.1, 0.15) is 10.8 Å². The predicted octanol–water partition coefficient (Wildman–Crippen LogP) is 7.57. The van der Waals surface area contributed by atoms with E-state index in [1.54, 1.807) is 11.3 Å². The van der Waals surface area contributed by atoms with Gasteiger partial charge in [-0.05, 0) is 90.0 Å². The minimum atomic E-state index is -0.0747. The summed E-state index contributed by atoms with van der Waals surface area (Å²) < 4.78 is 6.49. The monoisotopic (exact) mass is 510 g/mol. The van der Waals surface area contributed by atoms with Crippen molar-refractivity contribution in [3.05, 3.63) is 74.6 Å². The van der Waals surface area contributed by atoms with Crippen LogP contribution < -0.4 is 10.1 Å². The van der Waals surface area contributed by atoms with Crippen LogP contribution in [0.1, 0.15) is 59.0 Å². The predicted molar refractivity (Wildman–Crippen MR) is 137 cm³/mol. The van der Waals surface area contributed by atoms with Crippen LogP contribution in [0.5, 0.6) is 5.75 Å². The lowest BCUT2D eigenvalue weighted by Gasteiger charge is -2.12. The van der Waals surface area contributed by atoms with Crippen LogP contribution in [-0.2, 0) is 12.8 Å². The number of amides is 1. The molecule has 4 rings (SSSR count). The van der Waals surface area contributed by atoms with E-state index in [2.05, 4.69) is 21.2 Å². The number of nitrogens with zero attached hydrogens (tertiary/aromatic N) is 1. The Kier molecular flexibility index (Phi) is 7.76. The van der Waals surface area contributed by atoms with Gasteiger partial charge in [-0.2, -0.15) is 0 Å². The lowest BCUT2D eigenvalue weighted by atomic mass is 9.96. The molecule has 1 heterocycles. The van der Waals surface area contributed by atoms with Gasteiger partial charge in [0.2, 0.25) is 0 Å². The van der Waals surface area contributed by atoms with Crippen molar-refractivity contribution in [2.45, 2.75) is 45.4 Å². The first-order valence-corrected chi connectivity index (χ1v) is 12.7. The SMILES string of the molecule is CCOc1ccc(C=Nc2sc3c(c2C(=O)Nc2ccccc2)CCCCCC3)cc1Br. The van der Waals surface area contributed by atoms with Crippen LogP contribution in [0.4, 0.5) is 10.7 Å². The molecule has 6 heteroatoms. The highest BCUT2D eigenvalue weighted by Gasteiger charge is 2.24. The largest absolute Gasteiger partial charge is 0.493 e. The Morgan fingerprint density at radius 3 is 2.66 bits per heavy atom. The summed E-state index contributed by atoms with van der Waals surface area (Å²) >= 11 is 5.23. The van der Waals surface area contributed by atoms with Crippen molar-refractivity contribution in [1.82, 2.24) is 0 Å². The molecular weight excluding hydrogens is 484 g/mol. The van der Waals surface area contributed by atoms with Gasteiger partial charge in [0.05, 0.1) is 16.6 Å². The Bertz CT molecular complexity index is 1110. The molecule has 0 atom stereocenters. The number of aryl methyl sites for hydroxylation is 1. The molecule has 1 aliphatic rings. The Labute approximate surface area is 201 Å². The molecule has 166 valence electrons. The van der Waals surface area contributed by atoms with Crippen molar-refractivity contribution < 1.29 is 9.53 Å².